The lowest BCUT2D eigenvalue weighted by Gasteiger charge is -2.50. The molecule has 42 heavy (non-hydrogen) atoms. The summed E-state index contributed by atoms with van der Waals surface area (Å²) in [5, 5.41) is 44.9. The van der Waals surface area contributed by atoms with Crippen LogP contribution in [0.25, 0.3) is 5.76 Å². The second-order valence-corrected chi connectivity index (χ2v) is 13.2. The van der Waals surface area contributed by atoms with E-state index in [0.29, 0.717) is 17.5 Å². The summed E-state index contributed by atoms with van der Waals surface area (Å²) >= 11 is 0. The molecular weight excluding hydrogens is 545 g/mol. The van der Waals surface area contributed by atoms with Crippen molar-refractivity contribution in [2.24, 2.45) is 23.0 Å². The number of ketones is 2. The van der Waals surface area contributed by atoms with Gasteiger partial charge >= 0.3 is 0 Å². The molecule has 1 amide bonds. The molecule has 0 radical (unpaired) electrons. The van der Waals surface area contributed by atoms with Gasteiger partial charge < -0.3 is 26.2 Å². The van der Waals surface area contributed by atoms with E-state index >= 15 is 4.39 Å². The summed E-state index contributed by atoms with van der Waals surface area (Å²) in [5.74, 6) is -8.03. The third-order valence-corrected chi connectivity index (χ3v) is 10.7. The van der Waals surface area contributed by atoms with E-state index in [4.69, 9.17) is 5.73 Å². The van der Waals surface area contributed by atoms with E-state index < -0.39 is 69.6 Å². The van der Waals surface area contributed by atoms with E-state index in [1.54, 1.807) is 0 Å². The van der Waals surface area contributed by atoms with Crippen LogP contribution in [0.5, 0.6) is 5.75 Å². The molecule has 1 aliphatic heterocycles. The van der Waals surface area contributed by atoms with Gasteiger partial charge in [0.2, 0.25) is 5.78 Å². The Morgan fingerprint density at radius 1 is 1.12 bits per heavy atom. The maximum Gasteiger partial charge on any atom is 0.255 e. The van der Waals surface area contributed by atoms with Gasteiger partial charge in [0.25, 0.3) is 5.91 Å². The first-order valence-corrected chi connectivity index (χ1v) is 14.7. The molecule has 0 unspecified atom stereocenters. The lowest BCUT2D eigenvalue weighted by atomic mass is 9.57. The Morgan fingerprint density at radius 2 is 1.76 bits per heavy atom. The molecule has 0 bridgehead atoms. The van der Waals surface area contributed by atoms with Crippen LogP contribution in [0.3, 0.4) is 0 Å². The fourth-order valence-electron chi connectivity index (χ4n) is 8.51. The Labute approximate surface area is 243 Å². The number of aromatic hydroxyl groups is 1. The van der Waals surface area contributed by atoms with Crippen LogP contribution in [0.1, 0.15) is 61.6 Å². The molecule has 2 saturated carbocycles. The third kappa shape index (κ3) is 4.04. The standard InChI is InChI=1S/C31H38FN3O7/c1-34(2)24-18-12-15-11-17-21(25(37)20(15)27(39)31(18,42)28(40)22(26(24)38)29(33)41)19(36)13-16(23(17)32)14-35-9-7-30(8-10-35)5-3-4-6-30/h13,15,18,24,36-37,40,42H,3-12,14H2,1-2H3,(H2,33,41)/t15-,18-,24-,31-/m0/s1. The number of halogens is 1. The van der Waals surface area contributed by atoms with Crippen molar-refractivity contribution >= 4 is 23.2 Å². The number of nitrogens with two attached hydrogens (primary N) is 1. The number of aliphatic hydroxyl groups excluding tert-OH is 2. The number of likely N-dealkylation sites (N-methyl/N-ethyl adjacent to an activating group) is 1. The largest absolute Gasteiger partial charge is 0.508 e. The van der Waals surface area contributed by atoms with Gasteiger partial charge in [0.15, 0.2) is 11.4 Å². The summed E-state index contributed by atoms with van der Waals surface area (Å²) in [6, 6.07) is 0.0919. The highest BCUT2D eigenvalue weighted by molar-refractivity contribution is 6.24. The van der Waals surface area contributed by atoms with Crippen LogP contribution in [0, 0.1) is 23.1 Å². The molecule has 0 aromatic heterocycles. The normalized spacial score (nSPS) is 31.0. The molecular formula is C31H38FN3O7. The van der Waals surface area contributed by atoms with Crippen molar-refractivity contribution in [1.82, 2.24) is 9.80 Å². The topological polar surface area (TPSA) is 165 Å². The summed E-state index contributed by atoms with van der Waals surface area (Å²) in [6.07, 6.45) is 7.01. The molecule has 4 aliphatic carbocycles. The van der Waals surface area contributed by atoms with Gasteiger partial charge in [0.1, 0.15) is 28.7 Å². The molecule has 6 N–H and O–H groups in total. The number of phenolic OH excluding ortho intramolecular Hbond substituents is 1. The molecule has 10 nitrogen and oxygen atoms in total. The number of rotatable bonds is 4. The van der Waals surface area contributed by atoms with Crippen molar-refractivity contribution in [2.45, 2.75) is 69.6 Å². The Balaban J connectivity index is 1.37. The van der Waals surface area contributed by atoms with Gasteiger partial charge in [-0.05, 0) is 83.1 Å². The predicted octanol–water partition coefficient (Wildman–Crippen LogP) is 2.26. The number of fused-ring (bicyclic) bond motifs is 3. The number of piperidine rings is 1. The Bertz CT molecular complexity index is 1450. The van der Waals surface area contributed by atoms with E-state index in [2.05, 4.69) is 4.90 Å². The Hall–Kier alpha value is -3.28. The molecule has 226 valence electrons. The quantitative estimate of drug-likeness (QED) is 0.335. The second-order valence-electron chi connectivity index (χ2n) is 13.2. The monoisotopic (exact) mass is 583 g/mol. The number of carbonyl (C=O) groups excluding carboxylic acids is 3. The fraction of sp³-hybridized carbons (Fsp3) is 0.581. The molecule has 11 heteroatoms. The van der Waals surface area contributed by atoms with Crippen molar-refractivity contribution < 1.29 is 39.2 Å². The number of hydrogen-bond donors (Lipinski definition) is 5. The van der Waals surface area contributed by atoms with Crippen molar-refractivity contribution in [3.8, 4) is 5.75 Å². The van der Waals surface area contributed by atoms with Crippen molar-refractivity contribution in [2.75, 3.05) is 27.2 Å². The van der Waals surface area contributed by atoms with Crippen molar-refractivity contribution in [1.29, 1.82) is 0 Å². The van der Waals surface area contributed by atoms with Crippen LogP contribution in [0.15, 0.2) is 23.0 Å². The minimum absolute atomic E-state index is 0.0646. The van der Waals surface area contributed by atoms with E-state index in [-0.39, 0.29) is 29.5 Å². The number of Topliss-reactive ketones (excluding diaryl/α,β-unsaturated/α-hetero) is 2. The van der Waals surface area contributed by atoms with E-state index in [0.717, 1.165) is 25.9 Å². The van der Waals surface area contributed by atoms with Gasteiger partial charge in [-0.15, -0.1) is 0 Å². The molecule has 3 fully saturated rings. The lowest BCUT2D eigenvalue weighted by molar-refractivity contribution is -0.153. The van der Waals surface area contributed by atoms with Gasteiger partial charge in [-0.2, -0.15) is 0 Å². The van der Waals surface area contributed by atoms with Crippen LogP contribution in [-0.4, -0.2) is 86.5 Å². The van der Waals surface area contributed by atoms with Crippen LogP contribution < -0.4 is 5.73 Å². The van der Waals surface area contributed by atoms with Gasteiger partial charge in [0.05, 0.1) is 11.6 Å². The third-order valence-electron chi connectivity index (χ3n) is 10.7. The summed E-state index contributed by atoms with van der Waals surface area (Å²) in [5.41, 5.74) is 2.02. The highest BCUT2D eigenvalue weighted by Gasteiger charge is 2.64. The SMILES string of the molecule is CN(C)[C@@H]1C(=O)C(C(N)=O)=C(O)[C@@]2(O)C(=O)C3=C(O)c4c(O)cc(CN5CCC6(CCCC6)CC5)c(F)c4C[C@H]3C[C@@H]12. The molecule has 1 aromatic carbocycles. The average Bonchev–Trinajstić information content (AvgIpc) is 3.38. The summed E-state index contributed by atoms with van der Waals surface area (Å²) in [4.78, 5) is 42.8. The smallest absolute Gasteiger partial charge is 0.255 e. The molecule has 1 spiro atoms. The van der Waals surface area contributed by atoms with Crippen LogP contribution in [-0.2, 0) is 27.3 Å². The number of primary amides is 1. The maximum atomic E-state index is 16.1. The minimum atomic E-state index is -2.72. The van der Waals surface area contributed by atoms with Gasteiger partial charge in [-0.3, -0.25) is 24.2 Å². The van der Waals surface area contributed by atoms with Crippen LogP contribution >= 0.6 is 0 Å². The first kappa shape index (κ1) is 28.8. The van der Waals surface area contributed by atoms with Crippen molar-refractivity contribution in [3.05, 3.63) is 45.5 Å². The highest BCUT2D eigenvalue weighted by atomic mass is 19.1. The molecule has 4 atom stereocenters. The molecule has 1 heterocycles. The highest BCUT2D eigenvalue weighted by Crippen LogP contribution is 2.53. The zero-order chi connectivity index (χ0) is 30.3. The summed E-state index contributed by atoms with van der Waals surface area (Å²) in [6.45, 7) is 1.99. The molecule has 1 saturated heterocycles. The summed E-state index contributed by atoms with van der Waals surface area (Å²) in [7, 11) is 3.07. The molecule has 1 aromatic rings. The molecule has 6 rings (SSSR count). The van der Waals surface area contributed by atoms with Gasteiger partial charge in [-0.25, -0.2) is 4.39 Å². The van der Waals surface area contributed by atoms with E-state index in [9.17, 15) is 34.8 Å². The number of amides is 1. The Kier molecular flexibility index (Phi) is 6.79. The zero-order valence-corrected chi connectivity index (χ0v) is 24.0. The first-order valence-electron chi connectivity index (χ1n) is 14.7. The van der Waals surface area contributed by atoms with Crippen molar-refractivity contribution in [3.63, 3.8) is 0 Å². The number of benzene rings is 1. The van der Waals surface area contributed by atoms with Gasteiger partial charge in [0, 0.05) is 29.2 Å². The summed E-state index contributed by atoms with van der Waals surface area (Å²) < 4.78 is 16.1. The molecule has 5 aliphatic rings. The zero-order valence-electron chi connectivity index (χ0n) is 24.0. The maximum absolute atomic E-state index is 16.1. The second kappa shape index (κ2) is 9.89. The number of carbonyl (C=O) groups is 3. The number of nitrogens with zero attached hydrogens (tertiary/aromatic N) is 2. The van der Waals surface area contributed by atoms with Gasteiger partial charge in [-0.1, -0.05) is 12.8 Å². The lowest BCUT2D eigenvalue weighted by Crippen LogP contribution is -2.65. The number of likely N-dealkylation sites (tertiary alicyclic amines) is 1. The first-order chi connectivity index (χ1) is 19.8. The van der Waals surface area contributed by atoms with E-state index in [1.807, 2.05) is 0 Å². The Morgan fingerprint density at radius 3 is 2.36 bits per heavy atom. The minimum Gasteiger partial charge on any atom is -0.508 e. The fourth-order valence-corrected chi connectivity index (χ4v) is 8.51. The van der Waals surface area contributed by atoms with Crippen LogP contribution in [0.4, 0.5) is 4.39 Å². The predicted molar refractivity (Wildman–Crippen MR) is 150 cm³/mol. The number of hydrogen-bond acceptors (Lipinski definition) is 9. The number of aliphatic hydroxyl groups is 3. The average molecular weight is 584 g/mol. The van der Waals surface area contributed by atoms with Crippen LogP contribution in [0.2, 0.25) is 0 Å². The van der Waals surface area contributed by atoms with E-state index in [1.165, 1.54) is 50.7 Å². The number of phenols is 1.